The molecular formula is C19H31NO3. The highest BCUT2D eigenvalue weighted by Crippen LogP contribution is 2.37. The third-order valence-electron chi connectivity index (χ3n) is 4.50. The van der Waals surface area contributed by atoms with Gasteiger partial charge in [0.25, 0.3) is 0 Å². The molecule has 0 spiro atoms. The van der Waals surface area contributed by atoms with Gasteiger partial charge in [-0.15, -0.1) is 0 Å². The quantitative estimate of drug-likeness (QED) is 0.846. The van der Waals surface area contributed by atoms with Gasteiger partial charge in [-0.2, -0.15) is 0 Å². The van der Waals surface area contributed by atoms with E-state index in [2.05, 4.69) is 33.0 Å². The molecule has 1 aromatic carbocycles. The van der Waals surface area contributed by atoms with Crippen molar-refractivity contribution in [1.29, 1.82) is 0 Å². The molecule has 4 nitrogen and oxygen atoms in total. The van der Waals surface area contributed by atoms with E-state index in [1.54, 1.807) is 0 Å². The van der Waals surface area contributed by atoms with Gasteiger partial charge in [-0.05, 0) is 59.1 Å². The number of aliphatic hydroxyl groups excluding tert-OH is 1. The minimum Gasteiger partial charge on any atom is -0.490 e. The minimum atomic E-state index is -0.548. The second-order valence-electron chi connectivity index (χ2n) is 7.82. The van der Waals surface area contributed by atoms with E-state index in [9.17, 15) is 5.11 Å². The first kappa shape index (κ1) is 18.2. The number of hydrogen-bond donors (Lipinski definition) is 2. The Morgan fingerprint density at radius 1 is 1.26 bits per heavy atom. The number of aryl methyl sites for hydroxylation is 2. The van der Waals surface area contributed by atoms with Crippen LogP contribution in [0.4, 0.5) is 0 Å². The van der Waals surface area contributed by atoms with Gasteiger partial charge in [0.15, 0.2) is 0 Å². The predicted molar refractivity (Wildman–Crippen MR) is 93.1 cm³/mol. The van der Waals surface area contributed by atoms with Gasteiger partial charge >= 0.3 is 0 Å². The molecule has 0 aliphatic carbocycles. The van der Waals surface area contributed by atoms with Crippen molar-refractivity contribution in [3.8, 4) is 5.75 Å². The van der Waals surface area contributed by atoms with E-state index in [1.807, 2.05) is 32.0 Å². The Kier molecular flexibility index (Phi) is 5.39. The fraction of sp³-hybridized carbons (Fsp3) is 0.684. The van der Waals surface area contributed by atoms with Crippen LogP contribution in [0, 0.1) is 13.8 Å². The molecule has 0 radical (unpaired) electrons. The molecule has 1 heterocycles. The molecule has 1 fully saturated rings. The van der Waals surface area contributed by atoms with Crippen molar-refractivity contribution in [2.45, 2.75) is 71.3 Å². The largest absolute Gasteiger partial charge is 0.490 e. The lowest BCUT2D eigenvalue weighted by atomic mass is 9.94. The van der Waals surface area contributed by atoms with Crippen molar-refractivity contribution in [2.75, 3.05) is 13.2 Å². The summed E-state index contributed by atoms with van der Waals surface area (Å²) in [5.74, 6) is 0.872. The van der Waals surface area contributed by atoms with E-state index in [0.29, 0.717) is 6.54 Å². The molecule has 4 heteroatoms. The molecule has 1 saturated heterocycles. The van der Waals surface area contributed by atoms with E-state index >= 15 is 0 Å². The molecule has 2 unspecified atom stereocenters. The summed E-state index contributed by atoms with van der Waals surface area (Å²) >= 11 is 0. The summed E-state index contributed by atoms with van der Waals surface area (Å²) in [5, 5.41) is 13.7. The summed E-state index contributed by atoms with van der Waals surface area (Å²) in [6.45, 7) is 13.2. The predicted octanol–water partition coefficient (Wildman–Crippen LogP) is 2.98. The Bertz CT molecular complexity index is 519. The lowest BCUT2D eigenvalue weighted by Gasteiger charge is -2.28. The summed E-state index contributed by atoms with van der Waals surface area (Å²) in [4.78, 5) is 0. The molecule has 2 atom stereocenters. The van der Waals surface area contributed by atoms with Gasteiger partial charge in [0, 0.05) is 12.6 Å². The number of hydrogen-bond acceptors (Lipinski definition) is 4. The maximum Gasteiger partial charge on any atom is 0.125 e. The molecule has 130 valence electrons. The zero-order valence-electron chi connectivity index (χ0n) is 15.3. The van der Waals surface area contributed by atoms with Crippen LogP contribution in [0.2, 0.25) is 0 Å². The van der Waals surface area contributed by atoms with Gasteiger partial charge in [-0.3, -0.25) is 0 Å². The SMILES string of the molecule is Cc1cccc(C)c1OCC(O)CNC1CC(C)(C)OC1(C)C. The topological polar surface area (TPSA) is 50.7 Å². The van der Waals surface area contributed by atoms with Gasteiger partial charge in [0.05, 0.1) is 11.2 Å². The Hall–Kier alpha value is -1.10. The van der Waals surface area contributed by atoms with Crippen LogP contribution in [0.3, 0.4) is 0 Å². The van der Waals surface area contributed by atoms with Crippen molar-refractivity contribution in [3.05, 3.63) is 29.3 Å². The zero-order valence-corrected chi connectivity index (χ0v) is 15.3. The van der Waals surface area contributed by atoms with Crippen LogP contribution >= 0.6 is 0 Å². The van der Waals surface area contributed by atoms with Crippen LogP contribution in [0.5, 0.6) is 5.75 Å². The average molecular weight is 321 g/mol. The third kappa shape index (κ3) is 4.69. The molecule has 0 saturated carbocycles. The molecular weight excluding hydrogens is 290 g/mol. The number of ether oxygens (including phenoxy) is 2. The normalized spacial score (nSPS) is 23.7. The van der Waals surface area contributed by atoms with E-state index in [4.69, 9.17) is 9.47 Å². The van der Waals surface area contributed by atoms with Gasteiger partial charge < -0.3 is 19.9 Å². The number of benzene rings is 1. The van der Waals surface area contributed by atoms with Crippen molar-refractivity contribution >= 4 is 0 Å². The first-order chi connectivity index (χ1) is 10.6. The third-order valence-corrected chi connectivity index (χ3v) is 4.50. The van der Waals surface area contributed by atoms with Crippen molar-refractivity contribution in [3.63, 3.8) is 0 Å². The molecule has 0 aromatic heterocycles. The van der Waals surface area contributed by atoms with Crippen LogP contribution in [-0.4, -0.2) is 41.6 Å². The fourth-order valence-corrected chi connectivity index (χ4v) is 3.42. The second-order valence-corrected chi connectivity index (χ2v) is 7.82. The van der Waals surface area contributed by atoms with E-state index in [0.717, 1.165) is 23.3 Å². The van der Waals surface area contributed by atoms with Crippen molar-refractivity contribution in [2.24, 2.45) is 0 Å². The highest BCUT2D eigenvalue weighted by Gasteiger charge is 2.45. The van der Waals surface area contributed by atoms with Crippen LogP contribution in [0.1, 0.15) is 45.2 Å². The molecule has 23 heavy (non-hydrogen) atoms. The molecule has 0 bridgehead atoms. The Balaban J connectivity index is 1.83. The maximum absolute atomic E-state index is 10.2. The highest BCUT2D eigenvalue weighted by molar-refractivity contribution is 5.39. The lowest BCUT2D eigenvalue weighted by molar-refractivity contribution is -0.0703. The van der Waals surface area contributed by atoms with Crippen LogP contribution < -0.4 is 10.1 Å². The average Bonchev–Trinajstić information content (AvgIpc) is 2.63. The summed E-state index contributed by atoms with van der Waals surface area (Å²) in [6.07, 6.45) is 0.387. The van der Waals surface area contributed by atoms with E-state index in [1.165, 1.54) is 0 Å². The number of para-hydroxylation sites is 1. The molecule has 0 amide bonds. The lowest BCUT2D eigenvalue weighted by Crippen LogP contribution is -2.46. The van der Waals surface area contributed by atoms with Crippen LogP contribution in [0.15, 0.2) is 18.2 Å². The van der Waals surface area contributed by atoms with Gasteiger partial charge in [-0.1, -0.05) is 18.2 Å². The number of nitrogens with one attached hydrogen (secondary N) is 1. The summed E-state index contributed by atoms with van der Waals surface area (Å²) in [6, 6.07) is 6.28. The Labute approximate surface area is 140 Å². The molecule has 1 aliphatic heterocycles. The number of rotatable bonds is 6. The van der Waals surface area contributed by atoms with Gasteiger partial charge in [0.1, 0.15) is 18.5 Å². The molecule has 2 rings (SSSR count). The molecule has 1 aliphatic rings. The Morgan fingerprint density at radius 3 is 2.39 bits per heavy atom. The highest BCUT2D eigenvalue weighted by atomic mass is 16.5. The molecule has 1 aromatic rings. The molecule has 2 N–H and O–H groups in total. The Morgan fingerprint density at radius 2 is 1.87 bits per heavy atom. The van der Waals surface area contributed by atoms with Gasteiger partial charge in [-0.25, -0.2) is 0 Å². The summed E-state index contributed by atoms with van der Waals surface area (Å²) in [5.41, 5.74) is 1.84. The standard InChI is InChI=1S/C19H31NO3/c1-13-8-7-9-14(2)17(13)22-12-15(21)11-20-16-10-18(3,4)23-19(16,5)6/h7-9,15-16,20-21H,10-12H2,1-6H3. The van der Waals surface area contributed by atoms with Crippen molar-refractivity contribution in [1.82, 2.24) is 5.32 Å². The van der Waals surface area contributed by atoms with Crippen LogP contribution in [-0.2, 0) is 4.74 Å². The first-order valence-corrected chi connectivity index (χ1v) is 8.41. The first-order valence-electron chi connectivity index (χ1n) is 8.41. The summed E-state index contributed by atoms with van der Waals surface area (Å²) in [7, 11) is 0. The maximum atomic E-state index is 10.2. The minimum absolute atomic E-state index is 0.124. The zero-order chi connectivity index (χ0) is 17.3. The van der Waals surface area contributed by atoms with Crippen LogP contribution in [0.25, 0.3) is 0 Å². The monoisotopic (exact) mass is 321 g/mol. The van der Waals surface area contributed by atoms with E-state index < -0.39 is 6.10 Å². The fourth-order valence-electron chi connectivity index (χ4n) is 3.42. The van der Waals surface area contributed by atoms with Gasteiger partial charge in [0.2, 0.25) is 0 Å². The number of aliphatic hydroxyl groups is 1. The van der Waals surface area contributed by atoms with E-state index in [-0.39, 0.29) is 23.9 Å². The second kappa shape index (κ2) is 6.80. The van der Waals surface area contributed by atoms with Crippen molar-refractivity contribution < 1.29 is 14.6 Å². The smallest absolute Gasteiger partial charge is 0.125 e. The summed E-state index contributed by atoms with van der Waals surface area (Å²) < 4.78 is 11.9.